The molecule has 0 aliphatic heterocycles. The Hall–Kier alpha value is -2.43. The van der Waals surface area contributed by atoms with Gasteiger partial charge in [-0.15, -0.1) is 0 Å². The maximum Gasteiger partial charge on any atom is 0.311 e. The molecule has 0 radical (unpaired) electrons. The van der Waals surface area contributed by atoms with E-state index in [0.29, 0.717) is 5.82 Å². The summed E-state index contributed by atoms with van der Waals surface area (Å²) in [6.45, 7) is 1.84. The third kappa shape index (κ3) is 2.72. The number of nitro groups is 1. The van der Waals surface area contributed by atoms with Crippen LogP contribution in [0.1, 0.15) is 35.7 Å². The second-order valence-corrected chi connectivity index (χ2v) is 5.37. The van der Waals surface area contributed by atoms with Crippen molar-refractivity contribution in [2.24, 2.45) is 0 Å². The molecule has 0 amide bonds. The highest BCUT2D eigenvalue weighted by molar-refractivity contribution is 5.57. The molecule has 0 fully saturated rings. The Morgan fingerprint density at radius 1 is 1.29 bits per heavy atom. The Morgan fingerprint density at radius 3 is 2.90 bits per heavy atom. The van der Waals surface area contributed by atoms with Crippen LogP contribution in [-0.2, 0) is 6.42 Å². The second-order valence-electron chi connectivity index (χ2n) is 5.37. The van der Waals surface area contributed by atoms with Crippen LogP contribution in [-0.4, -0.2) is 9.91 Å². The molecule has 1 heterocycles. The summed E-state index contributed by atoms with van der Waals surface area (Å²) < 4.78 is 0. The van der Waals surface area contributed by atoms with Crippen LogP contribution >= 0.6 is 0 Å². The summed E-state index contributed by atoms with van der Waals surface area (Å²) in [5.41, 5.74) is 3.34. The topological polar surface area (TPSA) is 68.1 Å². The van der Waals surface area contributed by atoms with Gasteiger partial charge in [0.1, 0.15) is 0 Å². The zero-order valence-corrected chi connectivity index (χ0v) is 11.9. The molecular formula is C16H17N3O2. The summed E-state index contributed by atoms with van der Waals surface area (Å²) in [7, 11) is 0. The van der Waals surface area contributed by atoms with Gasteiger partial charge in [0.05, 0.1) is 11.0 Å². The van der Waals surface area contributed by atoms with Crippen LogP contribution in [0, 0.1) is 17.0 Å². The SMILES string of the molecule is Cc1ccc([N+](=O)[O-])c(NC2CCCc3ccccc32)n1. The van der Waals surface area contributed by atoms with E-state index in [2.05, 4.69) is 22.4 Å². The Labute approximate surface area is 123 Å². The van der Waals surface area contributed by atoms with E-state index in [-0.39, 0.29) is 16.7 Å². The summed E-state index contributed by atoms with van der Waals surface area (Å²) in [6.07, 6.45) is 3.11. The molecular weight excluding hydrogens is 266 g/mol. The van der Waals surface area contributed by atoms with Crippen LogP contribution in [0.2, 0.25) is 0 Å². The maximum absolute atomic E-state index is 11.1. The minimum absolute atomic E-state index is 0.0312. The number of nitrogens with zero attached hydrogens (tertiary/aromatic N) is 2. The average Bonchev–Trinajstić information content (AvgIpc) is 2.47. The zero-order chi connectivity index (χ0) is 14.8. The summed E-state index contributed by atoms with van der Waals surface area (Å²) in [5.74, 6) is 0.363. The molecule has 1 N–H and O–H groups in total. The number of nitrogens with one attached hydrogen (secondary N) is 1. The van der Waals surface area contributed by atoms with Crippen LogP contribution in [0.25, 0.3) is 0 Å². The molecule has 5 heteroatoms. The van der Waals surface area contributed by atoms with Gasteiger partial charge in [0.25, 0.3) is 0 Å². The predicted octanol–water partition coefficient (Wildman–Crippen LogP) is 3.79. The van der Waals surface area contributed by atoms with Crippen molar-refractivity contribution in [3.05, 3.63) is 63.3 Å². The van der Waals surface area contributed by atoms with Gasteiger partial charge in [-0.25, -0.2) is 4.98 Å². The van der Waals surface area contributed by atoms with E-state index < -0.39 is 0 Å². The Morgan fingerprint density at radius 2 is 2.10 bits per heavy atom. The summed E-state index contributed by atoms with van der Waals surface area (Å²) in [4.78, 5) is 15.1. The molecule has 0 saturated heterocycles. The third-order valence-electron chi connectivity index (χ3n) is 3.89. The van der Waals surface area contributed by atoms with Crippen molar-refractivity contribution >= 4 is 11.5 Å². The highest BCUT2D eigenvalue weighted by Gasteiger charge is 2.23. The van der Waals surface area contributed by atoms with Crippen molar-refractivity contribution in [3.8, 4) is 0 Å². The van der Waals surface area contributed by atoms with Crippen LogP contribution in [0.3, 0.4) is 0 Å². The van der Waals surface area contributed by atoms with Crippen molar-refractivity contribution in [1.82, 2.24) is 4.98 Å². The summed E-state index contributed by atoms with van der Waals surface area (Å²) in [5, 5.41) is 14.4. The molecule has 1 aromatic carbocycles. The zero-order valence-electron chi connectivity index (χ0n) is 11.9. The van der Waals surface area contributed by atoms with Crippen LogP contribution in [0.15, 0.2) is 36.4 Å². The lowest BCUT2D eigenvalue weighted by atomic mass is 9.88. The van der Waals surface area contributed by atoms with Gasteiger partial charge in [0.15, 0.2) is 0 Å². The number of fused-ring (bicyclic) bond motifs is 1. The molecule has 1 aliphatic carbocycles. The Kier molecular flexibility index (Phi) is 3.56. The molecule has 21 heavy (non-hydrogen) atoms. The van der Waals surface area contributed by atoms with Crippen molar-refractivity contribution in [2.45, 2.75) is 32.2 Å². The van der Waals surface area contributed by atoms with Crippen molar-refractivity contribution in [1.29, 1.82) is 0 Å². The number of anilines is 1. The first-order valence-electron chi connectivity index (χ1n) is 7.11. The van der Waals surface area contributed by atoms with E-state index in [1.807, 2.05) is 19.1 Å². The quantitative estimate of drug-likeness (QED) is 0.687. The minimum atomic E-state index is -0.385. The second kappa shape index (κ2) is 5.52. The Balaban J connectivity index is 1.95. The molecule has 1 atom stereocenters. The summed E-state index contributed by atoms with van der Waals surface area (Å²) >= 11 is 0. The van der Waals surface area contributed by atoms with Gasteiger partial charge in [0, 0.05) is 11.8 Å². The first-order valence-corrected chi connectivity index (χ1v) is 7.11. The lowest BCUT2D eigenvalue weighted by Crippen LogP contribution is -2.18. The Bertz CT molecular complexity index is 685. The van der Waals surface area contributed by atoms with E-state index in [1.54, 1.807) is 6.07 Å². The van der Waals surface area contributed by atoms with Crippen LogP contribution in [0.4, 0.5) is 11.5 Å². The van der Waals surface area contributed by atoms with Gasteiger partial charge in [0.2, 0.25) is 5.82 Å². The number of hydrogen-bond acceptors (Lipinski definition) is 4. The molecule has 0 saturated carbocycles. The molecule has 0 spiro atoms. The molecule has 1 aromatic heterocycles. The standard InChI is InChI=1S/C16H17N3O2/c1-11-9-10-15(19(20)21)16(17-11)18-14-8-4-6-12-5-2-3-7-13(12)14/h2-3,5,7,9-10,14H,4,6,8H2,1H3,(H,17,18). The maximum atomic E-state index is 11.1. The number of pyridine rings is 1. The van der Waals surface area contributed by atoms with Crippen LogP contribution in [0.5, 0.6) is 0 Å². The largest absolute Gasteiger partial charge is 0.358 e. The van der Waals surface area contributed by atoms with E-state index >= 15 is 0 Å². The molecule has 108 valence electrons. The fourth-order valence-electron chi connectivity index (χ4n) is 2.87. The monoisotopic (exact) mass is 283 g/mol. The van der Waals surface area contributed by atoms with Crippen LogP contribution < -0.4 is 5.32 Å². The molecule has 2 aromatic rings. The highest BCUT2D eigenvalue weighted by Crippen LogP contribution is 2.34. The van der Waals surface area contributed by atoms with E-state index in [9.17, 15) is 10.1 Å². The molecule has 1 aliphatic rings. The summed E-state index contributed by atoms with van der Waals surface area (Å²) in [6, 6.07) is 11.5. The van der Waals surface area contributed by atoms with Crippen molar-refractivity contribution < 1.29 is 4.92 Å². The van der Waals surface area contributed by atoms with Gasteiger partial charge in [-0.2, -0.15) is 0 Å². The number of hydrogen-bond donors (Lipinski definition) is 1. The van der Waals surface area contributed by atoms with Gasteiger partial charge in [-0.3, -0.25) is 10.1 Å². The molecule has 1 unspecified atom stereocenters. The molecule has 3 rings (SSSR count). The van der Waals surface area contributed by atoms with Gasteiger partial charge in [-0.05, 0) is 43.4 Å². The van der Waals surface area contributed by atoms with Crippen molar-refractivity contribution in [2.75, 3.05) is 5.32 Å². The number of aryl methyl sites for hydroxylation is 2. The first-order chi connectivity index (χ1) is 10.1. The lowest BCUT2D eigenvalue weighted by molar-refractivity contribution is -0.384. The number of aromatic nitrogens is 1. The van der Waals surface area contributed by atoms with Gasteiger partial charge < -0.3 is 5.32 Å². The number of rotatable bonds is 3. The van der Waals surface area contributed by atoms with Gasteiger partial charge >= 0.3 is 5.69 Å². The number of benzene rings is 1. The lowest BCUT2D eigenvalue weighted by Gasteiger charge is -2.26. The molecule has 5 nitrogen and oxygen atoms in total. The minimum Gasteiger partial charge on any atom is -0.358 e. The average molecular weight is 283 g/mol. The fourth-order valence-corrected chi connectivity index (χ4v) is 2.87. The molecule has 0 bridgehead atoms. The van der Waals surface area contributed by atoms with E-state index in [0.717, 1.165) is 25.0 Å². The fraction of sp³-hybridized carbons (Fsp3) is 0.312. The van der Waals surface area contributed by atoms with E-state index in [1.165, 1.54) is 17.2 Å². The first kappa shape index (κ1) is 13.5. The predicted molar refractivity (Wildman–Crippen MR) is 81.4 cm³/mol. The highest BCUT2D eigenvalue weighted by atomic mass is 16.6. The van der Waals surface area contributed by atoms with E-state index in [4.69, 9.17) is 0 Å². The third-order valence-corrected chi connectivity index (χ3v) is 3.89. The smallest absolute Gasteiger partial charge is 0.311 e. The van der Waals surface area contributed by atoms with Gasteiger partial charge in [-0.1, -0.05) is 24.3 Å². The normalized spacial score (nSPS) is 17.1. The van der Waals surface area contributed by atoms with Crippen molar-refractivity contribution in [3.63, 3.8) is 0 Å².